The van der Waals surface area contributed by atoms with E-state index in [-0.39, 0.29) is 18.1 Å². The highest BCUT2D eigenvalue weighted by Gasteiger charge is 2.32. The van der Waals surface area contributed by atoms with E-state index >= 15 is 0 Å². The number of pyridine rings is 1. The third kappa shape index (κ3) is 9.08. The molecular formula is C27H26F6N2O4. The minimum atomic E-state index is -4.82. The molecule has 1 N–H and O–H groups in total. The summed E-state index contributed by atoms with van der Waals surface area (Å²) < 4.78 is 85.7. The summed E-state index contributed by atoms with van der Waals surface area (Å²) in [5.41, 5.74) is -0.764. The summed E-state index contributed by atoms with van der Waals surface area (Å²) in [4.78, 5) is 16.9. The number of halogens is 6. The highest BCUT2D eigenvalue weighted by atomic mass is 19.4. The van der Waals surface area contributed by atoms with Gasteiger partial charge in [-0.25, -0.2) is 9.78 Å². The van der Waals surface area contributed by atoms with Crippen molar-refractivity contribution in [1.29, 1.82) is 0 Å². The molecule has 0 aliphatic heterocycles. The number of hydrogen-bond donors (Lipinski definition) is 1. The minimum Gasteiger partial charge on any atom is -0.478 e. The predicted molar refractivity (Wildman–Crippen MR) is 131 cm³/mol. The molecule has 12 heteroatoms. The average Bonchev–Trinajstić information content (AvgIpc) is 2.84. The van der Waals surface area contributed by atoms with Crippen LogP contribution in [-0.2, 0) is 23.9 Å². The third-order valence-electron chi connectivity index (χ3n) is 5.63. The molecule has 1 heterocycles. The van der Waals surface area contributed by atoms with Gasteiger partial charge in [-0.05, 0) is 74.2 Å². The molecule has 0 aliphatic rings. The number of hydrogen-bond acceptors (Lipinski definition) is 5. The van der Waals surface area contributed by atoms with Gasteiger partial charge in [0.15, 0.2) is 5.60 Å². The van der Waals surface area contributed by atoms with Crippen LogP contribution in [0.2, 0.25) is 0 Å². The highest BCUT2D eigenvalue weighted by Crippen LogP contribution is 2.30. The van der Waals surface area contributed by atoms with Crippen molar-refractivity contribution in [2.24, 2.45) is 0 Å². The number of carbonyl (C=O) groups is 1. The van der Waals surface area contributed by atoms with E-state index in [1.54, 1.807) is 29.2 Å². The third-order valence-corrected chi connectivity index (χ3v) is 5.63. The average molecular weight is 557 g/mol. The predicted octanol–water partition coefficient (Wildman–Crippen LogP) is 6.88. The molecule has 0 saturated heterocycles. The Balaban J connectivity index is 1.70. The van der Waals surface area contributed by atoms with E-state index in [1.807, 2.05) is 0 Å². The topological polar surface area (TPSA) is 71.9 Å². The Labute approximate surface area is 220 Å². The highest BCUT2D eigenvalue weighted by molar-refractivity contribution is 5.76. The van der Waals surface area contributed by atoms with Crippen LogP contribution in [0.3, 0.4) is 0 Å². The lowest BCUT2D eigenvalue weighted by Gasteiger charge is -2.24. The van der Waals surface area contributed by atoms with Crippen LogP contribution in [0.25, 0.3) is 0 Å². The summed E-state index contributed by atoms with van der Waals surface area (Å²) >= 11 is 0. The van der Waals surface area contributed by atoms with Crippen LogP contribution in [0.5, 0.6) is 11.5 Å². The second kappa shape index (κ2) is 11.8. The first-order valence-corrected chi connectivity index (χ1v) is 11.8. The van der Waals surface area contributed by atoms with E-state index in [0.717, 1.165) is 30.0 Å². The first-order valence-electron chi connectivity index (χ1n) is 11.8. The van der Waals surface area contributed by atoms with Gasteiger partial charge in [-0.1, -0.05) is 24.3 Å². The number of alkyl halides is 6. The summed E-state index contributed by atoms with van der Waals surface area (Å²) in [6.07, 6.45) is -7.48. The standard InChI is InChI=1S/C27H26F6N2O4/c1-25(2,24(36)37)38-21-10-5-18(6-11-21)4-3-15-35(23-14-9-20(16-34-23)26(28,29)30)17-19-7-12-22(13-8-19)39-27(31,32)33/h5-14,16H,3-4,15,17H2,1-2H3,(H,36,37). The summed E-state index contributed by atoms with van der Waals surface area (Å²) in [6.45, 7) is 3.43. The zero-order valence-electron chi connectivity index (χ0n) is 21.0. The van der Waals surface area contributed by atoms with E-state index < -0.39 is 29.7 Å². The normalized spacial score (nSPS) is 12.2. The van der Waals surface area contributed by atoms with Gasteiger partial charge in [-0.2, -0.15) is 13.2 Å². The van der Waals surface area contributed by atoms with Gasteiger partial charge in [-0.15, -0.1) is 13.2 Å². The number of aliphatic carboxylic acids is 1. The lowest BCUT2D eigenvalue weighted by Crippen LogP contribution is -2.37. The molecule has 0 spiro atoms. The van der Waals surface area contributed by atoms with E-state index in [1.165, 1.54) is 32.0 Å². The van der Waals surface area contributed by atoms with Crippen molar-refractivity contribution in [3.8, 4) is 11.5 Å². The number of rotatable bonds is 11. The van der Waals surface area contributed by atoms with Gasteiger partial charge >= 0.3 is 18.5 Å². The van der Waals surface area contributed by atoms with Crippen LogP contribution in [-0.4, -0.2) is 34.6 Å². The molecule has 3 rings (SSSR count). The number of aromatic nitrogens is 1. The Morgan fingerprint density at radius 2 is 1.41 bits per heavy atom. The van der Waals surface area contributed by atoms with Crippen LogP contribution >= 0.6 is 0 Å². The molecule has 0 unspecified atom stereocenters. The maximum Gasteiger partial charge on any atom is 0.573 e. The maximum atomic E-state index is 13.0. The number of ether oxygens (including phenoxy) is 2. The Hall–Kier alpha value is -3.96. The smallest absolute Gasteiger partial charge is 0.478 e. The van der Waals surface area contributed by atoms with Crippen LogP contribution < -0.4 is 14.4 Å². The van der Waals surface area contributed by atoms with Gasteiger partial charge < -0.3 is 19.5 Å². The van der Waals surface area contributed by atoms with E-state index in [9.17, 15) is 36.2 Å². The SMILES string of the molecule is CC(C)(Oc1ccc(CCCN(Cc2ccc(OC(F)(F)F)cc2)c2ccc(C(F)(F)F)cn2)cc1)C(=O)O. The minimum absolute atomic E-state index is 0.182. The van der Waals surface area contributed by atoms with Gasteiger partial charge in [0.25, 0.3) is 0 Å². The monoisotopic (exact) mass is 556 g/mol. The fraction of sp³-hybridized carbons (Fsp3) is 0.333. The van der Waals surface area contributed by atoms with Crippen molar-refractivity contribution < 1.29 is 45.7 Å². The Morgan fingerprint density at radius 1 is 0.846 bits per heavy atom. The van der Waals surface area contributed by atoms with Crippen LogP contribution in [0.1, 0.15) is 37.0 Å². The lowest BCUT2D eigenvalue weighted by molar-refractivity contribution is -0.274. The number of anilines is 1. The molecule has 0 amide bonds. The van der Waals surface area contributed by atoms with Crippen molar-refractivity contribution in [1.82, 2.24) is 4.98 Å². The van der Waals surface area contributed by atoms with Crippen LogP contribution in [0.4, 0.5) is 32.2 Å². The molecule has 0 saturated carbocycles. The molecule has 0 bridgehead atoms. The van der Waals surface area contributed by atoms with Crippen LogP contribution in [0, 0.1) is 0 Å². The summed E-state index contributed by atoms with van der Waals surface area (Å²) in [6, 6.07) is 14.3. The number of benzene rings is 2. The molecule has 0 aliphatic carbocycles. The molecule has 0 radical (unpaired) electrons. The Kier molecular flexibility index (Phi) is 8.98. The van der Waals surface area contributed by atoms with E-state index in [0.29, 0.717) is 30.7 Å². The summed E-state index contributed by atoms with van der Waals surface area (Å²) in [5.74, 6) is -0.825. The number of aryl methyl sites for hydroxylation is 1. The van der Waals surface area contributed by atoms with E-state index in [4.69, 9.17) is 4.74 Å². The summed E-state index contributed by atoms with van der Waals surface area (Å²) in [5, 5.41) is 9.20. The fourth-order valence-corrected chi connectivity index (χ4v) is 3.57. The zero-order chi connectivity index (χ0) is 28.8. The molecule has 210 valence electrons. The first kappa shape index (κ1) is 29.6. The first-order chi connectivity index (χ1) is 18.1. The molecule has 39 heavy (non-hydrogen) atoms. The molecule has 2 aromatic carbocycles. The van der Waals surface area contributed by atoms with Gasteiger partial charge in [0.1, 0.15) is 17.3 Å². The lowest BCUT2D eigenvalue weighted by atomic mass is 10.1. The number of nitrogens with zero attached hydrogens (tertiary/aromatic N) is 2. The Bertz CT molecular complexity index is 1230. The second-order valence-corrected chi connectivity index (χ2v) is 9.18. The second-order valence-electron chi connectivity index (χ2n) is 9.18. The largest absolute Gasteiger partial charge is 0.573 e. The van der Waals surface area contributed by atoms with Crippen molar-refractivity contribution in [3.05, 3.63) is 83.6 Å². The van der Waals surface area contributed by atoms with Crippen molar-refractivity contribution in [3.63, 3.8) is 0 Å². The number of carboxylic acid groups (broad SMARTS) is 1. The molecule has 0 fully saturated rings. The summed E-state index contributed by atoms with van der Waals surface area (Å²) in [7, 11) is 0. The van der Waals surface area contributed by atoms with Crippen molar-refractivity contribution >= 4 is 11.8 Å². The van der Waals surface area contributed by atoms with Gasteiger partial charge in [0, 0.05) is 19.3 Å². The van der Waals surface area contributed by atoms with Gasteiger partial charge in [0.05, 0.1) is 5.56 Å². The molecule has 0 atom stereocenters. The van der Waals surface area contributed by atoms with Gasteiger partial charge in [-0.3, -0.25) is 0 Å². The number of carboxylic acids is 1. The van der Waals surface area contributed by atoms with Gasteiger partial charge in [0.2, 0.25) is 0 Å². The quantitative estimate of drug-likeness (QED) is 0.260. The van der Waals surface area contributed by atoms with E-state index in [2.05, 4.69) is 9.72 Å². The molecule has 1 aromatic heterocycles. The Morgan fingerprint density at radius 3 is 1.90 bits per heavy atom. The molecule has 3 aromatic rings. The van der Waals surface area contributed by atoms with Crippen LogP contribution in [0.15, 0.2) is 66.9 Å². The maximum absolute atomic E-state index is 13.0. The fourth-order valence-electron chi connectivity index (χ4n) is 3.57. The van der Waals surface area contributed by atoms with Crippen molar-refractivity contribution in [2.75, 3.05) is 11.4 Å². The molecule has 6 nitrogen and oxygen atoms in total. The van der Waals surface area contributed by atoms with Crippen molar-refractivity contribution in [2.45, 2.75) is 51.4 Å². The molecular weight excluding hydrogens is 530 g/mol. The zero-order valence-corrected chi connectivity index (χ0v) is 21.0.